The van der Waals surface area contributed by atoms with Crippen molar-refractivity contribution in [3.8, 4) is 0 Å². The molecule has 0 bridgehead atoms. The second kappa shape index (κ2) is 5.88. The summed E-state index contributed by atoms with van der Waals surface area (Å²) < 4.78 is 11.0. The zero-order chi connectivity index (χ0) is 10.4. The zero-order valence-corrected chi connectivity index (χ0v) is 10.8. The van der Waals surface area contributed by atoms with Crippen LogP contribution in [0.3, 0.4) is 0 Å². The number of rotatable bonds is 5. The van der Waals surface area contributed by atoms with Gasteiger partial charge >= 0.3 is 8.56 Å². The molecule has 1 saturated carbocycles. The molecular formula is C11H24O2Si. The van der Waals surface area contributed by atoms with Crippen molar-refractivity contribution in [3.05, 3.63) is 0 Å². The van der Waals surface area contributed by atoms with Gasteiger partial charge in [0.1, 0.15) is 0 Å². The molecular weight excluding hydrogens is 192 g/mol. The fraction of sp³-hybridized carbons (Fsp3) is 1.00. The normalized spacial score (nSPS) is 19.9. The summed E-state index contributed by atoms with van der Waals surface area (Å²) in [5.41, 5.74) is 0. The summed E-state index contributed by atoms with van der Waals surface area (Å²) in [6.45, 7) is 2.16. The highest BCUT2D eigenvalue weighted by Gasteiger charge is 2.29. The molecule has 0 spiro atoms. The molecule has 3 heteroatoms. The highest BCUT2D eigenvalue weighted by atomic mass is 28.4. The first-order valence-corrected chi connectivity index (χ1v) is 8.33. The fourth-order valence-corrected chi connectivity index (χ4v) is 3.74. The van der Waals surface area contributed by atoms with Gasteiger partial charge in [0.2, 0.25) is 0 Å². The zero-order valence-electron chi connectivity index (χ0n) is 9.84. The Balaban J connectivity index is 2.23. The summed E-state index contributed by atoms with van der Waals surface area (Å²) in [7, 11) is 1.80. The highest BCUT2D eigenvalue weighted by Crippen LogP contribution is 2.29. The summed E-state index contributed by atoms with van der Waals surface area (Å²) in [6.07, 6.45) is 8.48. The largest absolute Gasteiger partial charge is 0.398 e. The lowest BCUT2D eigenvalue weighted by Gasteiger charge is -2.27. The molecule has 0 saturated heterocycles. The molecule has 1 aliphatic carbocycles. The van der Waals surface area contributed by atoms with Crippen molar-refractivity contribution in [3.63, 3.8) is 0 Å². The molecule has 0 atom stereocenters. The van der Waals surface area contributed by atoms with Crippen molar-refractivity contribution in [2.24, 2.45) is 5.92 Å². The molecule has 2 nitrogen and oxygen atoms in total. The van der Waals surface area contributed by atoms with Gasteiger partial charge in [0.25, 0.3) is 0 Å². The molecule has 0 heterocycles. The van der Waals surface area contributed by atoms with E-state index in [1.807, 2.05) is 0 Å². The lowest BCUT2D eigenvalue weighted by Crippen LogP contribution is -2.36. The minimum Gasteiger partial charge on any atom is -0.398 e. The van der Waals surface area contributed by atoms with E-state index >= 15 is 0 Å². The van der Waals surface area contributed by atoms with Crippen LogP contribution in [-0.4, -0.2) is 22.8 Å². The molecule has 1 aliphatic rings. The molecule has 0 radical (unpaired) electrons. The molecule has 0 amide bonds. The summed E-state index contributed by atoms with van der Waals surface area (Å²) in [5.74, 6) is 0.945. The second-order valence-electron chi connectivity index (χ2n) is 4.58. The first kappa shape index (κ1) is 12.2. The van der Waals surface area contributed by atoms with Crippen LogP contribution in [0.1, 0.15) is 38.5 Å². The Bertz CT molecular complexity index is 151. The van der Waals surface area contributed by atoms with Crippen molar-refractivity contribution < 1.29 is 8.85 Å². The minimum absolute atomic E-state index is 0.945. The molecule has 0 aliphatic heterocycles. The molecule has 0 aromatic rings. The van der Waals surface area contributed by atoms with Crippen molar-refractivity contribution in [1.29, 1.82) is 0 Å². The van der Waals surface area contributed by atoms with E-state index in [0.29, 0.717) is 0 Å². The van der Waals surface area contributed by atoms with Crippen LogP contribution in [0.2, 0.25) is 12.6 Å². The topological polar surface area (TPSA) is 18.5 Å². The maximum absolute atomic E-state index is 5.49. The van der Waals surface area contributed by atoms with Crippen LogP contribution in [-0.2, 0) is 8.85 Å². The van der Waals surface area contributed by atoms with Crippen LogP contribution in [0.5, 0.6) is 0 Å². The minimum atomic E-state index is -1.78. The Kier molecular flexibility index (Phi) is 5.13. The lowest BCUT2D eigenvalue weighted by atomic mass is 9.88. The number of hydrogen-bond donors (Lipinski definition) is 0. The van der Waals surface area contributed by atoms with E-state index in [9.17, 15) is 0 Å². The van der Waals surface area contributed by atoms with Gasteiger partial charge < -0.3 is 8.85 Å². The fourth-order valence-electron chi connectivity index (χ4n) is 2.23. The van der Waals surface area contributed by atoms with Gasteiger partial charge in [-0.3, -0.25) is 0 Å². The van der Waals surface area contributed by atoms with Gasteiger partial charge in [0.05, 0.1) is 0 Å². The third-order valence-electron chi connectivity index (χ3n) is 3.60. The van der Waals surface area contributed by atoms with Gasteiger partial charge in [-0.2, -0.15) is 0 Å². The van der Waals surface area contributed by atoms with Crippen LogP contribution >= 0.6 is 0 Å². The van der Waals surface area contributed by atoms with E-state index in [1.54, 1.807) is 14.2 Å². The third kappa shape index (κ3) is 3.71. The predicted octanol–water partition coefficient (Wildman–Crippen LogP) is 3.32. The SMILES string of the molecule is CO[Si](C)(CCC1CCCCC1)OC. The Morgan fingerprint density at radius 2 is 1.64 bits per heavy atom. The molecule has 0 aromatic carbocycles. The molecule has 1 fully saturated rings. The standard InChI is InChI=1S/C11H24O2Si/c1-12-14(3,13-2)10-9-11-7-5-4-6-8-11/h11H,4-10H2,1-3H3. The van der Waals surface area contributed by atoms with E-state index < -0.39 is 8.56 Å². The van der Waals surface area contributed by atoms with Crippen molar-refractivity contribution in [2.45, 2.75) is 51.1 Å². The van der Waals surface area contributed by atoms with Crippen LogP contribution in [0.4, 0.5) is 0 Å². The Morgan fingerprint density at radius 1 is 1.07 bits per heavy atom. The van der Waals surface area contributed by atoms with Gasteiger partial charge in [-0.05, 0) is 24.9 Å². The Hall–Kier alpha value is 0.137. The molecule has 14 heavy (non-hydrogen) atoms. The van der Waals surface area contributed by atoms with Crippen molar-refractivity contribution >= 4 is 8.56 Å². The van der Waals surface area contributed by atoms with Crippen molar-refractivity contribution in [2.75, 3.05) is 14.2 Å². The van der Waals surface area contributed by atoms with Crippen LogP contribution in [0, 0.1) is 5.92 Å². The van der Waals surface area contributed by atoms with Gasteiger partial charge in [-0.1, -0.05) is 32.1 Å². The maximum atomic E-state index is 5.49. The van der Waals surface area contributed by atoms with Gasteiger partial charge in [0.15, 0.2) is 0 Å². The van der Waals surface area contributed by atoms with E-state index in [4.69, 9.17) is 8.85 Å². The van der Waals surface area contributed by atoms with E-state index in [-0.39, 0.29) is 0 Å². The quantitative estimate of drug-likeness (QED) is 0.656. The molecule has 0 N–H and O–H groups in total. The molecule has 0 unspecified atom stereocenters. The van der Waals surface area contributed by atoms with Crippen LogP contribution in [0.15, 0.2) is 0 Å². The maximum Gasteiger partial charge on any atom is 0.334 e. The Morgan fingerprint density at radius 3 is 2.14 bits per heavy atom. The monoisotopic (exact) mass is 216 g/mol. The molecule has 84 valence electrons. The van der Waals surface area contributed by atoms with E-state index in [1.165, 1.54) is 38.5 Å². The average molecular weight is 216 g/mol. The van der Waals surface area contributed by atoms with E-state index in [0.717, 1.165) is 12.0 Å². The van der Waals surface area contributed by atoms with Gasteiger partial charge in [0, 0.05) is 14.2 Å². The summed E-state index contributed by atoms with van der Waals surface area (Å²) >= 11 is 0. The van der Waals surface area contributed by atoms with Crippen LogP contribution in [0.25, 0.3) is 0 Å². The smallest absolute Gasteiger partial charge is 0.334 e. The summed E-state index contributed by atoms with van der Waals surface area (Å²) in [4.78, 5) is 0. The second-order valence-corrected chi connectivity index (χ2v) is 8.17. The van der Waals surface area contributed by atoms with Crippen LogP contribution < -0.4 is 0 Å². The first-order chi connectivity index (χ1) is 6.70. The molecule has 1 rings (SSSR count). The number of hydrogen-bond acceptors (Lipinski definition) is 2. The van der Waals surface area contributed by atoms with Gasteiger partial charge in [-0.25, -0.2) is 0 Å². The van der Waals surface area contributed by atoms with Gasteiger partial charge in [-0.15, -0.1) is 0 Å². The van der Waals surface area contributed by atoms with E-state index in [2.05, 4.69) is 6.55 Å². The summed E-state index contributed by atoms with van der Waals surface area (Å²) in [6, 6.07) is 1.16. The average Bonchev–Trinajstić information content (AvgIpc) is 2.27. The predicted molar refractivity (Wildman–Crippen MR) is 61.6 cm³/mol. The van der Waals surface area contributed by atoms with Crippen molar-refractivity contribution in [1.82, 2.24) is 0 Å². The third-order valence-corrected chi connectivity index (χ3v) is 6.52. The molecule has 0 aromatic heterocycles. The summed E-state index contributed by atoms with van der Waals surface area (Å²) in [5, 5.41) is 0. The Labute approximate surface area is 89.2 Å². The first-order valence-electron chi connectivity index (χ1n) is 5.80. The highest BCUT2D eigenvalue weighted by molar-refractivity contribution is 6.65. The lowest BCUT2D eigenvalue weighted by molar-refractivity contribution is 0.241.